The first kappa shape index (κ1) is 50.5. The van der Waals surface area contributed by atoms with Crippen LogP contribution in [0.15, 0.2) is 127 Å². The molecule has 0 bridgehead atoms. The van der Waals surface area contributed by atoms with Crippen LogP contribution < -0.4 is 0 Å². The fourth-order valence-corrected chi connectivity index (χ4v) is 7.62. The maximum Gasteiger partial charge on any atom is 0.169 e. The summed E-state index contributed by atoms with van der Waals surface area (Å²) in [5.74, 6) is 3.42. The number of aliphatic hydroxyl groups excluding tert-OH is 2. The Labute approximate surface area is 400 Å². The van der Waals surface area contributed by atoms with E-state index in [1.807, 2.05) is 42.5 Å². The van der Waals surface area contributed by atoms with Crippen molar-refractivity contribution in [3.8, 4) is 56.9 Å². The zero-order valence-corrected chi connectivity index (χ0v) is 42.5. The smallest absolute Gasteiger partial charge is 0.169 e. The SMILES string of the molecule is CC(O)CC(C)O.Cc1cccc(-c2nnc(-c3[c-]cccc3)n2-c2c(C)cccc2C)c1C.Cc1cccc(-c2nnc(-c3ccccc3)n2-c2c(C)cccc2C)c1C.[Ir].[Ir]. The quantitative estimate of drug-likeness (QED) is 0.147. The molecule has 0 fully saturated rings. The fourth-order valence-electron chi connectivity index (χ4n) is 7.62. The van der Waals surface area contributed by atoms with Crippen molar-refractivity contribution >= 4 is 0 Å². The molecule has 0 amide bonds. The first-order valence-electron chi connectivity index (χ1n) is 20.8. The van der Waals surface area contributed by atoms with Crippen molar-refractivity contribution < 1.29 is 50.4 Å². The van der Waals surface area contributed by atoms with E-state index in [0.29, 0.717) is 6.42 Å². The van der Waals surface area contributed by atoms with Gasteiger partial charge in [-0.25, -0.2) is 0 Å². The van der Waals surface area contributed by atoms with Crippen LogP contribution in [0.5, 0.6) is 0 Å². The van der Waals surface area contributed by atoms with Gasteiger partial charge in [-0.15, -0.1) is 51.2 Å². The van der Waals surface area contributed by atoms with Crippen LogP contribution in [0.4, 0.5) is 0 Å². The van der Waals surface area contributed by atoms with Crippen molar-refractivity contribution in [2.24, 2.45) is 0 Å². The molecule has 2 unspecified atom stereocenters. The van der Waals surface area contributed by atoms with Crippen LogP contribution in [0, 0.1) is 61.5 Å². The van der Waals surface area contributed by atoms with Crippen LogP contribution in [-0.4, -0.2) is 51.9 Å². The monoisotopic (exact) mass is 1200 g/mol. The molecule has 0 aliphatic rings. The van der Waals surface area contributed by atoms with Crippen LogP contribution in [-0.2, 0) is 40.2 Å². The predicted octanol–water partition coefficient (Wildman–Crippen LogP) is 11.6. The van der Waals surface area contributed by atoms with Gasteiger partial charge in [-0.3, -0.25) is 4.57 Å². The van der Waals surface area contributed by atoms with Gasteiger partial charge in [0.2, 0.25) is 0 Å². The number of benzene rings is 6. The number of aliphatic hydroxyl groups is 2. The summed E-state index contributed by atoms with van der Waals surface area (Å²) >= 11 is 0. The second-order valence-electron chi connectivity index (χ2n) is 15.9. The predicted molar refractivity (Wildman–Crippen MR) is 249 cm³/mol. The third kappa shape index (κ3) is 11.7. The number of aryl methyl sites for hydroxylation is 6. The minimum absolute atomic E-state index is 0. The first-order valence-corrected chi connectivity index (χ1v) is 20.8. The second-order valence-corrected chi connectivity index (χ2v) is 15.9. The summed E-state index contributed by atoms with van der Waals surface area (Å²) in [5, 5.41) is 35.6. The van der Waals surface area contributed by atoms with Crippen LogP contribution in [0.1, 0.15) is 64.8 Å². The van der Waals surface area contributed by atoms with E-state index in [2.05, 4.69) is 176 Å². The largest absolute Gasteiger partial charge is 0.393 e. The Morgan fingerprint density at radius 2 is 0.825 bits per heavy atom. The zero-order chi connectivity index (χ0) is 43.8. The van der Waals surface area contributed by atoms with Crippen molar-refractivity contribution in [3.05, 3.63) is 178 Å². The molecule has 0 aliphatic carbocycles. The van der Waals surface area contributed by atoms with Gasteiger partial charge in [0.1, 0.15) is 0 Å². The zero-order valence-electron chi connectivity index (χ0n) is 37.7. The van der Waals surface area contributed by atoms with Crippen LogP contribution in [0.2, 0.25) is 0 Å². The molecule has 0 saturated carbocycles. The number of rotatable bonds is 8. The molecule has 0 aliphatic heterocycles. The van der Waals surface area contributed by atoms with Gasteiger partial charge < -0.3 is 14.8 Å². The summed E-state index contributed by atoms with van der Waals surface area (Å²) in [6.45, 7) is 20.4. The van der Waals surface area contributed by atoms with Crippen molar-refractivity contribution in [1.29, 1.82) is 0 Å². The van der Waals surface area contributed by atoms with E-state index >= 15 is 0 Å². The van der Waals surface area contributed by atoms with E-state index in [9.17, 15) is 0 Å². The maximum atomic E-state index is 8.56. The van der Waals surface area contributed by atoms with Crippen LogP contribution in [0.3, 0.4) is 0 Å². The summed E-state index contributed by atoms with van der Waals surface area (Å²) < 4.78 is 4.39. The van der Waals surface area contributed by atoms with Crippen molar-refractivity contribution in [3.63, 3.8) is 0 Å². The van der Waals surface area contributed by atoms with Crippen LogP contribution >= 0.6 is 0 Å². The molecule has 8 rings (SSSR count). The van der Waals surface area contributed by atoms with E-state index in [1.54, 1.807) is 13.8 Å². The molecule has 2 atom stereocenters. The van der Waals surface area contributed by atoms with E-state index in [1.165, 1.54) is 44.5 Å². The molecule has 6 aromatic carbocycles. The molecule has 2 radical (unpaired) electrons. The Kier molecular flexibility index (Phi) is 18.4. The Morgan fingerprint density at radius 1 is 0.444 bits per heavy atom. The topological polar surface area (TPSA) is 102 Å². The molecule has 8 nitrogen and oxygen atoms in total. The second kappa shape index (κ2) is 23.0. The van der Waals surface area contributed by atoms with Gasteiger partial charge in [0.05, 0.1) is 23.7 Å². The van der Waals surface area contributed by atoms with Gasteiger partial charge in [0.15, 0.2) is 17.5 Å². The van der Waals surface area contributed by atoms with E-state index in [4.69, 9.17) is 10.2 Å². The Morgan fingerprint density at radius 3 is 1.24 bits per heavy atom. The Hall–Kier alpha value is -5.18. The van der Waals surface area contributed by atoms with Gasteiger partial charge in [0.25, 0.3) is 0 Å². The molecule has 10 heteroatoms. The molecule has 8 aromatic rings. The summed E-state index contributed by atoms with van der Waals surface area (Å²) in [5.41, 5.74) is 16.3. The maximum absolute atomic E-state index is 8.56. The minimum Gasteiger partial charge on any atom is -0.393 e. The van der Waals surface area contributed by atoms with Gasteiger partial charge in [-0.05, 0) is 120 Å². The standard InChI is InChI=1S/C24H23N3.C24H22N3.C5H12O2.2Ir/c2*1-16-10-9-15-21(19(16)4)24-26-25-23(20-13-6-5-7-14-20)27(24)22-17(2)11-8-12-18(22)3;1-4(6)3-5(2)7;;/h5-15H,1-4H3;5-13,15H,1-4H3;4-7H,3H2,1-2H3;;/q;-1;;;. The number of aromatic nitrogens is 6. The van der Waals surface area contributed by atoms with Crippen molar-refractivity contribution in [1.82, 2.24) is 29.5 Å². The van der Waals surface area contributed by atoms with Gasteiger partial charge in [0, 0.05) is 62.6 Å². The van der Waals surface area contributed by atoms with Crippen molar-refractivity contribution in [2.45, 2.75) is 87.9 Å². The van der Waals surface area contributed by atoms with Crippen molar-refractivity contribution in [2.75, 3.05) is 0 Å². The fraction of sp³-hybridized carbons (Fsp3) is 0.245. The average Bonchev–Trinajstić information content (AvgIpc) is 3.86. The van der Waals surface area contributed by atoms with Gasteiger partial charge in [-0.1, -0.05) is 103 Å². The van der Waals surface area contributed by atoms with Gasteiger partial charge in [-0.2, -0.15) is 5.10 Å². The number of para-hydroxylation sites is 2. The molecule has 2 aromatic heterocycles. The number of hydrogen-bond acceptors (Lipinski definition) is 6. The molecule has 0 spiro atoms. The number of nitrogens with zero attached hydrogens (tertiary/aromatic N) is 6. The van der Waals surface area contributed by atoms with E-state index in [-0.39, 0.29) is 52.4 Å². The molecular formula is C53H57Ir2N6O2-. The third-order valence-corrected chi connectivity index (χ3v) is 11.0. The number of hydrogen-bond donors (Lipinski definition) is 2. The molecule has 0 saturated heterocycles. The van der Waals surface area contributed by atoms with E-state index < -0.39 is 0 Å². The molecular weight excluding hydrogens is 1140 g/mol. The molecule has 2 N–H and O–H groups in total. The summed E-state index contributed by atoms with van der Waals surface area (Å²) in [6, 6.07) is 46.9. The average molecular weight is 1190 g/mol. The first-order chi connectivity index (χ1) is 29.3. The van der Waals surface area contributed by atoms with E-state index in [0.717, 1.165) is 56.9 Å². The minimum atomic E-state index is -0.375. The summed E-state index contributed by atoms with van der Waals surface area (Å²) in [6.07, 6.45) is -0.278. The summed E-state index contributed by atoms with van der Waals surface area (Å²) in [4.78, 5) is 0. The Balaban J connectivity index is 0.000000234. The molecule has 63 heavy (non-hydrogen) atoms. The Bertz CT molecular complexity index is 2500. The van der Waals surface area contributed by atoms with Gasteiger partial charge >= 0.3 is 0 Å². The summed E-state index contributed by atoms with van der Waals surface area (Å²) in [7, 11) is 0. The molecule has 330 valence electrons. The normalized spacial score (nSPS) is 11.5. The van der Waals surface area contributed by atoms with Crippen LogP contribution in [0.25, 0.3) is 56.9 Å². The third-order valence-electron chi connectivity index (χ3n) is 11.0. The molecule has 2 heterocycles.